The summed E-state index contributed by atoms with van der Waals surface area (Å²) in [6, 6.07) is 7.05. The molecule has 1 aromatic carbocycles. The van der Waals surface area contributed by atoms with Crippen molar-refractivity contribution in [1.82, 2.24) is 4.98 Å². The molecule has 1 aromatic heterocycles. The molecule has 7 nitrogen and oxygen atoms in total. The quantitative estimate of drug-likeness (QED) is 0.472. The molecule has 0 aliphatic heterocycles. The number of rotatable bonds is 5. The fraction of sp³-hybridized carbons (Fsp3) is 0.0769. The summed E-state index contributed by atoms with van der Waals surface area (Å²) >= 11 is 0. The molecular formula is C13H10N2O5. The molecule has 1 heterocycles. The number of nitro benzene ring substituents is 1. The van der Waals surface area contributed by atoms with Gasteiger partial charge in [0.1, 0.15) is 0 Å². The van der Waals surface area contributed by atoms with E-state index in [0.717, 1.165) is 0 Å². The molecule has 0 spiro atoms. The second kappa shape index (κ2) is 5.79. The first-order valence-corrected chi connectivity index (χ1v) is 5.56. The second-order valence-corrected chi connectivity index (χ2v) is 3.71. The summed E-state index contributed by atoms with van der Waals surface area (Å²) in [5.74, 6) is 0.524. The number of benzene rings is 1. The van der Waals surface area contributed by atoms with Gasteiger partial charge in [0.25, 0.3) is 5.69 Å². The van der Waals surface area contributed by atoms with Crippen LogP contribution < -0.4 is 9.47 Å². The average Bonchev–Trinajstić information content (AvgIpc) is 2.48. The summed E-state index contributed by atoms with van der Waals surface area (Å²) in [6.07, 6.45) is 2.08. The van der Waals surface area contributed by atoms with E-state index in [9.17, 15) is 14.9 Å². The topological polar surface area (TPSA) is 91.6 Å². The maximum Gasteiger partial charge on any atom is 0.273 e. The van der Waals surface area contributed by atoms with E-state index in [1.54, 1.807) is 12.1 Å². The van der Waals surface area contributed by atoms with E-state index in [-0.39, 0.29) is 28.6 Å². The zero-order chi connectivity index (χ0) is 14.5. The van der Waals surface area contributed by atoms with Crippen LogP contribution in [0.4, 0.5) is 5.69 Å². The number of carbonyl (C=O) groups is 1. The Kier molecular flexibility index (Phi) is 3.90. The third kappa shape index (κ3) is 2.72. The van der Waals surface area contributed by atoms with Gasteiger partial charge in [-0.05, 0) is 18.2 Å². The maximum absolute atomic E-state index is 10.9. The van der Waals surface area contributed by atoms with E-state index in [0.29, 0.717) is 6.29 Å². The smallest absolute Gasteiger partial charge is 0.273 e. The van der Waals surface area contributed by atoms with Crippen LogP contribution in [0.1, 0.15) is 10.4 Å². The van der Waals surface area contributed by atoms with Crippen LogP contribution in [-0.4, -0.2) is 23.3 Å². The van der Waals surface area contributed by atoms with E-state index >= 15 is 0 Å². The number of non-ortho nitro benzene ring substituents is 1. The highest BCUT2D eigenvalue weighted by molar-refractivity contribution is 5.78. The molecule has 0 radical (unpaired) electrons. The first-order valence-electron chi connectivity index (χ1n) is 5.56. The molecule has 7 heteroatoms. The summed E-state index contributed by atoms with van der Waals surface area (Å²) in [7, 11) is 1.37. The Balaban J connectivity index is 2.38. The van der Waals surface area contributed by atoms with Crippen molar-refractivity contribution in [2.75, 3.05) is 7.11 Å². The highest BCUT2D eigenvalue weighted by Crippen LogP contribution is 2.34. The van der Waals surface area contributed by atoms with Crippen LogP contribution in [-0.2, 0) is 0 Å². The lowest BCUT2D eigenvalue weighted by atomic mass is 10.2. The third-order valence-corrected chi connectivity index (χ3v) is 2.49. The summed E-state index contributed by atoms with van der Waals surface area (Å²) in [5.41, 5.74) is 0.152. The maximum atomic E-state index is 10.9. The first-order chi connectivity index (χ1) is 9.65. The van der Waals surface area contributed by atoms with Gasteiger partial charge in [-0.25, -0.2) is 4.98 Å². The Hall–Kier alpha value is -2.96. The molecule has 0 saturated carbocycles. The van der Waals surface area contributed by atoms with Gasteiger partial charge in [0, 0.05) is 12.3 Å². The number of aromatic nitrogens is 1. The third-order valence-electron chi connectivity index (χ3n) is 2.49. The summed E-state index contributed by atoms with van der Waals surface area (Å²) in [4.78, 5) is 25.0. The first kappa shape index (κ1) is 13.5. The van der Waals surface area contributed by atoms with Crippen LogP contribution in [0, 0.1) is 10.1 Å². The fourth-order valence-electron chi connectivity index (χ4n) is 1.54. The van der Waals surface area contributed by atoms with E-state index in [1.807, 2.05) is 0 Å². The molecular weight excluding hydrogens is 264 g/mol. The van der Waals surface area contributed by atoms with Crippen molar-refractivity contribution in [3.05, 3.63) is 52.2 Å². The summed E-state index contributed by atoms with van der Waals surface area (Å²) in [6.45, 7) is 0. The lowest BCUT2D eigenvalue weighted by Crippen LogP contribution is -1.96. The molecule has 2 aromatic rings. The zero-order valence-corrected chi connectivity index (χ0v) is 10.5. The van der Waals surface area contributed by atoms with Crippen molar-refractivity contribution in [3.63, 3.8) is 0 Å². The molecule has 102 valence electrons. The van der Waals surface area contributed by atoms with Gasteiger partial charge in [-0.3, -0.25) is 14.9 Å². The molecule has 0 unspecified atom stereocenters. The number of pyridine rings is 1. The highest BCUT2D eigenvalue weighted by atomic mass is 16.6. The number of hydrogen-bond acceptors (Lipinski definition) is 6. The van der Waals surface area contributed by atoms with Crippen molar-refractivity contribution >= 4 is 12.0 Å². The molecule has 0 saturated heterocycles. The van der Waals surface area contributed by atoms with Crippen LogP contribution in [0.2, 0.25) is 0 Å². The highest BCUT2D eigenvalue weighted by Gasteiger charge is 2.14. The van der Waals surface area contributed by atoms with Crippen molar-refractivity contribution in [2.45, 2.75) is 0 Å². The van der Waals surface area contributed by atoms with E-state index in [2.05, 4.69) is 4.98 Å². The number of hydrogen-bond donors (Lipinski definition) is 0. The molecule has 2 rings (SSSR count). The standard InChI is InChI=1S/C13H10N2O5/c1-19-12-7-10(15(17)18)4-5-11(12)20-13-9(8-16)3-2-6-14-13/h2-8H,1H3. The van der Waals surface area contributed by atoms with Crippen LogP contribution in [0.3, 0.4) is 0 Å². The number of nitro groups is 1. The van der Waals surface area contributed by atoms with E-state index in [4.69, 9.17) is 9.47 Å². The predicted molar refractivity (Wildman–Crippen MR) is 69.3 cm³/mol. The minimum absolute atomic E-state index is 0.106. The SMILES string of the molecule is COc1cc([N+](=O)[O-])ccc1Oc1ncccc1C=O. The van der Waals surface area contributed by atoms with Gasteiger partial charge in [0.05, 0.1) is 23.7 Å². The molecule has 0 fully saturated rings. The summed E-state index contributed by atoms with van der Waals surface area (Å²) in [5, 5.41) is 10.7. The van der Waals surface area contributed by atoms with Gasteiger partial charge in [0.15, 0.2) is 17.8 Å². The molecule has 0 bridgehead atoms. The molecule has 0 aliphatic carbocycles. The largest absolute Gasteiger partial charge is 0.493 e. The number of aldehydes is 1. The normalized spacial score (nSPS) is 9.85. The predicted octanol–water partition coefficient (Wildman–Crippen LogP) is 2.60. The average molecular weight is 274 g/mol. The number of ether oxygens (including phenoxy) is 2. The van der Waals surface area contributed by atoms with E-state index < -0.39 is 4.92 Å². The molecule has 0 N–H and O–H groups in total. The van der Waals surface area contributed by atoms with Gasteiger partial charge in [0.2, 0.25) is 5.88 Å². The molecule has 20 heavy (non-hydrogen) atoms. The monoisotopic (exact) mass is 274 g/mol. The van der Waals surface area contributed by atoms with Crippen LogP contribution >= 0.6 is 0 Å². The number of carbonyl (C=O) groups excluding carboxylic acids is 1. The Morgan fingerprint density at radius 1 is 1.30 bits per heavy atom. The van der Waals surface area contributed by atoms with Gasteiger partial charge < -0.3 is 9.47 Å². The van der Waals surface area contributed by atoms with Gasteiger partial charge in [-0.15, -0.1) is 0 Å². The minimum atomic E-state index is -0.538. The Morgan fingerprint density at radius 2 is 2.10 bits per heavy atom. The van der Waals surface area contributed by atoms with Crippen molar-refractivity contribution in [3.8, 4) is 17.4 Å². The number of methoxy groups -OCH3 is 1. The van der Waals surface area contributed by atoms with Crippen molar-refractivity contribution < 1.29 is 19.2 Å². The molecule has 0 amide bonds. The van der Waals surface area contributed by atoms with E-state index in [1.165, 1.54) is 31.5 Å². The lowest BCUT2D eigenvalue weighted by molar-refractivity contribution is -0.384. The minimum Gasteiger partial charge on any atom is -0.493 e. The van der Waals surface area contributed by atoms with Gasteiger partial charge in [-0.2, -0.15) is 0 Å². The van der Waals surface area contributed by atoms with Gasteiger partial charge in [-0.1, -0.05) is 0 Å². The zero-order valence-electron chi connectivity index (χ0n) is 10.5. The number of nitrogens with zero attached hydrogens (tertiary/aromatic N) is 2. The Labute approximate surface area is 113 Å². The Bertz CT molecular complexity index is 657. The van der Waals surface area contributed by atoms with Crippen molar-refractivity contribution in [1.29, 1.82) is 0 Å². The molecule has 0 atom stereocenters. The molecule has 0 aliphatic rings. The van der Waals surface area contributed by atoms with Crippen molar-refractivity contribution in [2.24, 2.45) is 0 Å². The second-order valence-electron chi connectivity index (χ2n) is 3.71. The fourth-order valence-corrected chi connectivity index (χ4v) is 1.54. The van der Waals surface area contributed by atoms with Crippen LogP contribution in [0.5, 0.6) is 17.4 Å². The van der Waals surface area contributed by atoms with Crippen LogP contribution in [0.15, 0.2) is 36.5 Å². The van der Waals surface area contributed by atoms with Crippen LogP contribution in [0.25, 0.3) is 0 Å². The van der Waals surface area contributed by atoms with Gasteiger partial charge >= 0.3 is 0 Å². The summed E-state index contributed by atoms with van der Waals surface area (Å²) < 4.78 is 10.5. The lowest BCUT2D eigenvalue weighted by Gasteiger charge is -2.10. The Morgan fingerprint density at radius 3 is 2.75 bits per heavy atom.